The van der Waals surface area contributed by atoms with Gasteiger partial charge in [0.1, 0.15) is 5.75 Å². The number of rotatable bonds is 4. The van der Waals surface area contributed by atoms with Crippen LogP contribution in [0.25, 0.3) is 0 Å². The molecule has 3 heteroatoms. The number of hydrogen-bond acceptors (Lipinski definition) is 3. The second-order valence-electron chi connectivity index (χ2n) is 5.63. The summed E-state index contributed by atoms with van der Waals surface area (Å²) in [4.78, 5) is 0. The number of nitrogens with two attached hydrogens (primary N) is 1. The van der Waals surface area contributed by atoms with Crippen molar-refractivity contribution in [2.75, 3.05) is 6.61 Å². The zero-order valence-corrected chi connectivity index (χ0v) is 10.5. The Labute approximate surface area is 108 Å². The maximum Gasteiger partial charge on any atom is 0.119 e. The van der Waals surface area contributed by atoms with E-state index >= 15 is 0 Å². The number of nitriles is 1. The molecule has 2 aliphatic rings. The van der Waals surface area contributed by atoms with Crippen molar-refractivity contribution in [3.8, 4) is 11.8 Å². The molecule has 18 heavy (non-hydrogen) atoms. The monoisotopic (exact) mass is 242 g/mol. The maximum atomic E-state index is 8.78. The summed E-state index contributed by atoms with van der Waals surface area (Å²) in [7, 11) is 0. The molecule has 0 saturated heterocycles. The summed E-state index contributed by atoms with van der Waals surface area (Å²) < 4.78 is 5.85. The van der Waals surface area contributed by atoms with Gasteiger partial charge in [-0.2, -0.15) is 5.26 Å². The summed E-state index contributed by atoms with van der Waals surface area (Å²) in [5.41, 5.74) is 8.74. The van der Waals surface area contributed by atoms with Crippen molar-refractivity contribution in [1.29, 1.82) is 5.26 Å². The molecule has 1 saturated carbocycles. The summed E-state index contributed by atoms with van der Waals surface area (Å²) >= 11 is 0. The molecule has 0 bridgehead atoms. The molecule has 0 spiro atoms. The Morgan fingerprint density at radius 2 is 2.28 bits per heavy atom. The Morgan fingerprint density at radius 1 is 1.44 bits per heavy atom. The fourth-order valence-electron chi connectivity index (χ4n) is 2.67. The molecule has 2 N–H and O–H groups in total. The van der Waals surface area contributed by atoms with Crippen LogP contribution in [0, 0.1) is 16.7 Å². The van der Waals surface area contributed by atoms with Gasteiger partial charge in [-0.1, -0.05) is 6.07 Å². The van der Waals surface area contributed by atoms with E-state index in [1.807, 2.05) is 6.07 Å². The summed E-state index contributed by atoms with van der Waals surface area (Å²) in [5, 5.41) is 8.78. The van der Waals surface area contributed by atoms with Crippen molar-refractivity contribution in [3.63, 3.8) is 0 Å². The SMILES string of the molecule is N#CCC1(COc2ccc3c(c2)CCC3N)CC1. The first kappa shape index (κ1) is 11.6. The first-order valence-electron chi connectivity index (χ1n) is 6.61. The van der Waals surface area contributed by atoms with Gasteiger partial charge >= 0.3 is 0 Å². The zero-order valence-electron chi connectivity index (χ0n) is 10.5. The van der Waals surface area contributed by atoms with Crippen LogP contribution in [0.15, 0.2) is 18.2 Å². The molecule has 0 aromatic heterocycles. The summed E-state index contributed by atoms with van der Waals surface area (Å²) in [6, 6.07) is 8.67. The standard InChI is InChI=1S/C15H18N2O/c16-8-7-15(5-6-15)10-18-12-2-3-13-11(9-12)1-4-14(13)17/h2-3,9,14H,1,4-7,10,17H2. The minimum absolute atomic E-state index is 0.143. The van der Waals surface area contributed by atoms with E-state index < -0.39 is 0 Å². The highest BCUT2D eigenvalue weighted by Crippen LogP contribution is 2.48. The Bertz CT molecular complexity index is 500. The predicted molar refractivity (Wildman–Crippen MR) is 69.1 cm³/mol. The smallest absolute Gasteiger partial charge is 0.119 e. The molecule has 0 heterocycles. The molecule has 1 atom stereocenters. The van der Waals surface area contributed by atoms with Crippen molar-refractivity contribution in [2.24, 2.45) is 11.1 Å². The van der Waals surface area contributed by atoms with Crippen molar-refractivity contribution in [3.05, 3.63) is 29.3 Å². The van der Waals surface area contributed by atoms with Gasteiger partial charge in [0.15, 0.2) is 0 Å². The number of benzene rings is 1. The molecule has 0 radical (unpaired) electrons. The molecule has 1 aromatic rings. The number of ether oxygens (including phenoxy) is 1. The zero-order chi connectivity index (χ0) is 12.6. The van der Waals surface area contributed by atoms with E-state index in [1.165, 1.54) is 11.1 Å². The normalized spacial score (nSPS) is 23.2. The van der Waals surface area contributed by atoms with Gasteiger partial charge in [-0.15, -0.1) is 0 Å². The number of nitrogens with zero attached hydrogens (tertiary/aromatic N) is 1. The van der Waals surface area contributed by atoms with Crippen LogP contribution in [0.1, 0.15) is 42.9 Å². The van der Waals surface area contributed by atoms with Gasteiger partial charge in [0, 0.05) is 17.9 Å². The maximum absolute atomic E-state index is 8.78. The fourth-order valence-corrected chi connectivity index (χ4v) is 2.67. The van der Waals surface area contributed by atoms with E-state index in [1.54, 1.807) is 0 Å². The number of hydrogen-bond donors (Lipinski definition) is 1. The van der Waals surface area contributed by atoms with E-state index in [9.17, 15) is 0 Å². The lowest BCUT2D eigenvalue weighted by atomic mass is 10.1. The molecule has 2 aliphatic carbocycles. The molecular weight excluding hydrogens is 224 g/mol. The minimum atomic E-state index is 0.143. The van der Waals surface area contributed by atoms with Crippen LogP contribution in [0.2, 0.25) is 0 Å². The molecule has 1 aromatic carbocycles. The second-order valence-corrected chi connectivity index (χ2v) is 5.63. The average Bonchev–Trinajstić information content (AvgIpc) is 3.05. The molecule has 0 amide bonds. The van der Waals surface area contributed by atoms with Gasteiger partial charge in [0.05, 0.1) is 12.7 Å². The van der Waals surface area contributed by atoms with Crippen LogP contribution >= 0.6 is 0 Å². The van der Waals surface area contributed by atoms with Gasteiger partial charge in [0.25, 0.3) is 0 Å². The molecule has 1 fully saturated rings. The lowest BCUT2D eigenvalue weighted by molar-refractivity contribution is 0.236. The number of fused-ring (bicyclic) bond motifs is 1. The van der Waals surface area contributed by atoms with Crippen molar-refractivity contribution in [2.45, 2.75) is 38.1 Å². The van der Waals surface area contributed by atoms with Crippen molar-refractivity contribution < 1.29 is 4.74 Å². The Kier molecular flexibility index (Phi) is 2.76. The Morgan fingerprint density at radius 3 is 3.00 bits per heavy atom. The lowest BCUT2D eigenvalue weighted by Crippen LogP contribution is -2.12. The number of aryl methyl sites for hydroxylation is 1. The fraction of sp³-hybridized carbons (Fsp3) is 0.533. The van der Waals surface area contributed by atoms with Crippen LogP contribution in [-0.4, -0.2) is 6.61 Å². The van der Waals surface area contributed by atoms with E-state index in [0.29, 0.717) is 13.0 Å². The van der Waals surface area contributed by atoms with Crippen LogP contribution in [0.4, 0.5) is 0 Å². The summed E-state index contributed by atoms with van der Waals surface area (Å²) in [6.07, 6.45) is 4.95. The van der Waals surface area contributed by atoms with Crippen LogP contribution in [0.5, 0.6) is 5.75 Å². The van der Waals surface area contributed by atoms with Gasteiger partial charge in [-0.25, -0.2) is 0 Å². The first-order valence-corrected chi connectivity index (χ1v) is 6.61. The quantitative estimate of drug-likeness (QED) is 0.883. The van der Waals surface area contributed by atoms with Crippen LogP contribution in [0.3, 0.4) is 0 Å². The van der Waals surface area contributed by atoms with E-state index in [-0.39, 0.29) is 11.5 Å². The van der Waals surface area contributed by atoms with Crippen molar-refractivity contribution >= 4 is 0 Å². The first-order chi connectivity index (χ1) is 8.72. The van der Waals surface area contributed by atoms with E-state index in [2.05, 4.69) is 18.2 Å². The topological polar surface area (TPSA) is 59.0 Å². The molecule has 1 unspecified atom stereocenters. The Hall–Kier alpha value is -1.53. The average molecular weight is 242 g/mol. The van der Waals surface area contributed by atoms with Gasteiger partial charge in [0.2, 0.25) is 0 Å². The third-order valence-electron chi connectivity index (χ3n) is 4.19. The highest BCUT2D eigenvalue weighted by molar-refractivity contribution is 5.40. The third-order valence-corrected chi connectivity index (χ3v) is 4.19. The van der Waals surface area contributed by atoms with Gasteiger partial charge in [-0.05, 0) is 48.9 Å². The largest absolute Gasteiger partial charge is 0.493 e. The summed E-state index contributed by atoms with van der Waals surface area (Å²) in [6.45, 7) is 0.672. The van der Waals surface area contributed by atoms with Crippen LogP contribution < -0.4 is 10.5 Å². The highest BCUT2D eigenvalue weighted by Gasteiger charge is 2.43. The summed E-state index contributed by atoms with van der Waals surface area (Å²) in [5.74, 6) is 0.923. The lowest BCUT2D eigenvalue weighted by Gasteiger charge is -2.14. The third kappa shape index (κ3) is 2.09. The van der Waals surface area contributed by atoms with Gasteiger partial charge < -0.3 is 10.5 Å². The molecule has 94 valence electrons. The van der Waals surface area contributed by atoms with Crippen molar-refractivity contribution in [1.82, 2.24) is 0 Å². The Balaban J connectivity index is 1.66. The van der Waals surface area contributed by atoms with E-state index in [0.717, 1.165) is 31.4 Å². The minimum Gasteiger partial charge on any atom is -0.493 e. The molecular formula is C15H18N2O. The molecule has 3 nitrogen and oxygen atoms in total. The predicted octanol–water partition coefficient (Wildman–Crippen LogP) is 2.71. The van der Waals surface area contributed by atoms with Gasteiger partial charge in [-0.3, -0.25) is 0 Å². The second kappa shape index (κ2) is 4.29. The molecule has 3 rings (SSSR count). The van der Waals surface area contributed by atoms with Crippen LogP contribution in [-0.2, 0) is 6.42 Å². The highest BCUT2D eigenvalue weighted by atomic mass is 16.5. The molecule has 0 aliphatic heterocycles. The van der Waals surface area contributed by atoms with E-state index in [4.69, 9.17) is 15.7 Å².